The van der Waals surface area contributed by atoms with E-state index in [2.05, 4.69) is 4.98 Å². The maximum Gasteiger partial charge on any atom is 0.127 e. The number of hydrogen-bond donors (Lipinski definition) is 1. The number of nitrogens with zero attached hydrogens (tertiary/aromatic N) is 1. The summed E-state index contributed by atoms with van der Waals surface area (Å²) in [6, 6.07) is 1.90. The SMILES string of the molecule is Cc1nccc(OC2CC2)c1CN. The summed E-state index contributed by atoms with van der Waals surface area (Å²) in [6.45, 7) is 2.46. The maximum atomic E-state index is 5.71. The lowest BCUT2D eigenvalue weighted by molar-refractivity contribution is 0.299. The van der Waals surface area contributed by atoms with Crippen LogP contribution in [0.15, 0.2) is 12.3 Å². The molecule has 1 saturated carbocycles. The van der Waals surface area contributed by atoms with Gasteiger partial charge in [-0.05, 0) is 25.8 Å². The second kappa shape index (κ2) is 3.34. The third kappa shape index (κ3) is 1.80. The summed E-state index contributed by atoms with van der Waals surface area (Å²) >= 11 is 0. The molecule has 0 amide bonds. The first-order valence-corrected chi connectivity index (χ1v) is 4.62. The molecule has 0 aromatic carbocycles. The molecule has 1 fully saturated rings. The Hall–Kier alpha value is -1.09. The molecule has 1 aliphatic rings. The van der Waals surface area contributed by atoms with Gasteiger partial charge in [-0.2, -0.15) is 0 Å². The summed E-state index contributed by atoms with van der Waals surface area (Å²) in [4.78, 5) is 4.18. The van der Waals surface area contributed by atoms with Gasteiger partial charge in [-0.1, -0.05) is 0 Å². The van der Waals surface area contributed by atoms with Gasteiger partial charge in [0.25, 0.3) is 0 Å². The van der Waals surface area contributed by atoms with E-state index in [-0.39, 0.29) is 0 Å². The van der Waals surface area contributed by atoms with Crippen molar-refractivity contribution in [2.45, 2.75) is 32.4 Å². The molecular formula is C10H14N2O. The van der Waals surface area contributed by atoms with Crippen LogP contribution in [0.25, 0.3) is 0 Å². The highest BCUT2D eigenvalue weighted by atomic mass is 16.5. The van der Waals surface area contributed by atoms with E-state index in [1.807, 2.05) is 13.0 Å². The topological polar surface area (TPSA) is 48.1 Å². The van der Waals surface area contributed by atoms with Gasteiger partial charge in [0, 0.05) is 24.0 Å². The molecule has 2 N–H and O–H groups in total. The predicted molar refractivity (Wildman–Crippen MR) is 50.5 cm³/mol. The zero-order valence-corrected chi connectivity index (χ0v) is 7.79. The summed E-state index contributed by atoms with van der Waals surface area (Å²) < 4.78 is 5.71. The quantitative estimate of drug-likeness (QED) is 0.760. The van der Waals surface area contributed by atoms with Crippen molar-refractivity contribution in [2.75, 3.05) is 0 Å². The van der Waals surface area contributed by atoms with Gasteiger partial charge in [-0.25, -0.2) is 0 Å². The van der Waals surface area contributed by atoms with Gasteiger partial charge in [0.1, 0.15) is 5.75 Å². The standard InChI is InChI=1S/C10H14N2O/c1-7-9(6-11)10(4-5-12-7)13-8-2-3-8/h4-5,8H,2-3,6,11H2,1H3. The highest BCUT2D eigenvalue weighted by molar-refractivity contribution is 5.35. The average Bonchev–Trinajstić information content (AvgIpc) is 2.89. The third-order valence-corrected chi connectivity index (χ3v) is 2.25. The number of rotatable bonds is 3. The van der Waals surface area contributed by atoms with Crippen LogP contribution in [0.4, 0.5) is 0 Å². The first-order valence-electron chi connectivity index (χ1n) is 4.62. The van der Waals surface area contributed by atoms with E-state index in [9.17, 15) is 0 Å². The minimum atomic E-state index is 0.423. The summed E-state index contributed by atoms with van der Waals surface area (Å²) in [5.74, 6) is 0.914. The van der Waals surface area contributed by atoms with Gasteiger partial charge in [0.15, 0.2) is 0 Å². The van der Waals surface area contributed by atoms with E-state index in [1.165, 1.54) is 12.8 Å². The second-order valence-electron chi connectivity index (χ2n) is 3.39. The Kier molecular flexibility index (Phi) is 2.19. The summed E-state index contributed by atoms with van der Waals surface area (Å²) in [5.41, 5.74) is 7.64. The van der Waals surface area contributed by atoms with Crippen molar-refractivity contribution < 1.29 is 4.74 Å². The molecule has 0 aliphatic heterocycles. The van der Waals surface area contributed by atoms with Crippen molar-refractivity contribution in [2.24, 2.45) is 5.73 Å². The minimum Gasteiger partial charge on any atom is -0.490 e. The van der Waals surface area contributed by atoms with Crippen molar-refractivity contribution in [3.05, 3.63) is 23.5 Å². The van der Waals surface area contributed by atoms with Gasteiger partial charge in [-0.15, -0.1) is 0 Å². The third-order valence-electron chi connectivity index (χ3n) is 2.25. The van der Waals surface area contributed by atoms with E-state index in [1.54, 1.807) is 6.20 Å². The van der Waals surface area contributed by atoms with E-state index >= 15 is 0 Å². The number of aryl methyl sites for hydroxylation is 1. The molecule has 2 rings (SSSR count). The summed E-state index contributed by atoms with van der Waals surface area (Å²) in [7, 11) is 0. The van der Waals surface area contributed by atoms with Crippen LogP contribution in [0.5, 0.6) is 5.75 Å². The lowest BCUT2D eigenvalue weighted by Gasteiger charge is -2.10. The number of ether oxygens (including phenoxy) is 1. The highest BCUT2D eigenvalue weighted by Gasteiger charge is 2.24. The molecule has 0 radical (unpaired) electrons. The summed E-state index contributed by atoms with van der Waals surface area (Å²) in [5, 5.41) is 0. The van der Waals surface area contributed by atoms with E-state index in [4.69, 9.17) is 10.5 Å². The molecule has 0 spiro atoms. The molecule has 1 aromatic heterocycles. The van der Waals surface area contributed by atoms with Crippen LogP contribution in [0.3, 0.4) is 0 Å². The zero-order chi connectivity index (χ0) is 9.26. The summed E-state index contributed by atoms with van der Waals surface area (Å²) in [6.07, 6.45) is 4.54. The van der Waals surface area contributed by atoms with Crippen molar-refractivity contribution in [1.29, 1.82) is 0 Å². The van der Waals surface area contributed by atoms with E-state index in [0.29, 0.717) is 12.6 Å². The maximum absolute atomic E-state index is 5.71. The second-order valence-corrected chi connectivity index (χ2v) is 3.39. The fourth-order valence-corrected chi connectivity index (χ4v) is 1.30. The van der Waals surface area contributed by atoms with Crippen molar-refractivity contribution >= 4 is 0 Å². The molecule has 0 unspecified atom stereocenters. The molecule has 1 heterocycles. The van der Waals surface area contributed by atoms with Gasteiger partial charge in [0.05, 0.1) is 6.10 Å². The average molecular weight is 178 g/mol. The highest BCUT2D eigenvalue weighted by Crippen LogP contribution is 2.29. The van der Waals surface area contributed by atoms with Crippen molar-refractivity contribution in [1.82, 2.24) is 4.98 Å². The van der Waals surface area contributed by atoms with Gasteiger partial charge in [-0.3, -0.25) is 4.98 Å². The fourth-order valence-electron chi connectivity index (χ4n) is 1.30. The Morgan fingerprint density at radius 2 is 2.38 bits per heavy atom. The van der Waals surface area contributed by atoms with Crippen molar-refractivity contribution in [3.8, 4) is 5.75 Å². The van der Waals surface area contributed by atoms with E-state index in [0.717, 1.165) is 17.0 Å². The zero-order valence-electron chi connectivity index (χ0n) is 7.79. The largest absolute Gasteiger partial charge is 0.490 e. The van der Waals surface area contributed by atoms with Gasteiger partial charge in [0.2, 0.25) is 0 Å². The first kappa shape index (κ1) is 8.51. The monoisotopic (exact) mass is 178 g/mol. The van der Waals surface area contributed by atoms with E-state index < -0.39 is 0 Å². The van der Waals surface area contributed by atoms with Crippen LogP contribution < -0.4 is 10.5 Å². The Balaban J connectivity index is 2.25. The first-order chi connectivity index (χ1) is 6.31. The molecule has 1 aliphatic carbocycles. The number of aromatic nitrogens is 1. The molecular weight excluding hydrogens is 164 g/mol. The number of pyridine rings is 1. The molecule has 3 nitrogen and oxygen atoms in total. The lowest BCUT2D eigenvalue weighted by atomic mass is 10.2. The Bertz CT molecular complexity index is 308. The fraction of sp³-hybridized carbons (Fsp3) is 0.500. The lowest BCUT2D eigenvalue weighted by Crippen LogP contribution is -2.06. The van der Waals surface area contributed by atoms with Crippen LogP contribution in [0, 0.1) is 6.92 Å². The van der Waals surface area contributed by atoms with Crippen LogP contribution in [0.1, 0.15) is 24.1 Å². The van der Waals surface area contributed by atoms with Gasteiger partial charge >= 0.3 is 0 Å². The Morgan fingerprint density at radius 1 is 1.62 bits per heavy atom. The Labute approximate surface area is 77.9 Å². The normalized spacial score (nSPS) is 15.8. The molecule has 0 saturated heterocycles. The van der Waals surface area contributed by atoms with Crippen LogP contribution >= 0.6 is 0 Å². The molecule has 0 atom stereocenters. The van der Waals surface area contributed by atoms with Crippen LogP contribution in [0.2, 0.25) is 0 Å². The molecule has 70 valence electrons. The van der Waals surface area contributed by atoms with Crippen LogP contribution in [-0.2, 0) is 6.54 Å². The molecule has 13 heavy (non-hydrogen) atoms. The smallest absolute Gasteiger partial charge is 0.127 e. The molecule has 0 bridgehead atoms. The minimum absolute atomic E-state index is 0.423. The van der Waals surface area contributed by atoms with Crippen LogP contribution in [-0.4, -0.2) is 11.1 Å². The van der Waals surface area contributed by atoms with Gasteiger partial charge < -0.3 is 10.5 Å². The predicted octanol–water partition coefficient (Wildman–Crippen LogP) is 1.39. The number of nitrogens with two attached hydrogens (primary N) is 1. The Morgan fingerprint density at radius 3 is 3.00 bits per heavy atom. The molecule has 3 heteroatoms. The van der Waals surface area contributed by atoms with Crippen molar-refractivity contribution in [3.63, 3.8) is 0 Å². The number of hydrogen-bond acceptors (Lipinski definition) is 3. The molecule has 1 aromatic rings.